The van der Waals surface area contributed by atoms with Gasteiger partial charge in [-0.15, -0.1) is 11.3 Å². The molecule has 2 rings (SSSR count). The minimum absolute atomic E-state index is 0.114. The summed E-state index contributed by atoms with van der Waals surface area (Å²) in [5.41, 5.74) is 1.03. The SMILES string of the molecule is C[C@H](C(=O)N(C)C)N(C)Cc1nc2ccccc2s1. The smallest absolute Gasteiger partial charge is 0.239 e. The molecule has 1 aromatic heterocycles. The Morgan fingerprint density at radius 1 is 1.32 bits per heavy atom. The van der Waals surface area contributed by atoms with Gasteiger partial charge >= 0.3 is 0 Å². The van der Waals surface area contributed by atoms with E-state index in [0.29, 0.717) is 6.54 Å². The van der Waals surface area contributed by atoms with Crippen LogP contribution in [0.4, 0.5) is 0 Å². The molecule has 0 saturated heterocycles. The van der Waals surface area contributed by atoms with Crippen molar-refractivity contribution in [3.63, 3.8) is 0 Å². The fourth-order valence-corrected chi connectivity index (χ4v) is 2.93. The number of likely N-dealkylation sites (N-methyl/N-ethyl adjacent to an activating group) is 2. The zero-order chi connectivity index (χ0) is 14.0. The molecule has 1 amide bonds. The molecule has 1 atom stereocenters. The van der Waals surface area contributed by atoms with Gasteiger partial charge in [0.1, 0.15) is 5.01 Å². The average molecular weight is 277 g/mol. The van der Waals surface area contributed by atoms with E-state index in [-0.39, 0.29) is 11.9 Å². The van der Waals surface area contributed by atoms with E-state index in [0.717, 1.165) is 10.5 Å². The Morgan fingerprint density at radius 3 is 2.63 bits per heavy atom. The maximum Gasteiger partial charge on any atom is 0.239 e. The highest BCUT2D eigenvalue weighted by molar-refractivity contribution is 7.18. The van der Waals surface area contributed by atoms with Gasteiger partial charge in [-0.05, 0) is 26.1 Å². The zero-order valence-corrected chi connectivity index (χ0v) is 12.6. The first-order valence-corrected chi connectivity index (χ1v) is 7.06. The number of thiazole rings is 1. The quantitative estimate of drug-likeness (QED) is 0.859. The van der Waals surface area contributed by atoms with Crippen molar-refractivity contribution < 1.29 is 4.79 Å². The summed E-state index contributed by atoms with van der Waals surface area (Å²) in [5, 5.41) is 1.04. The van der Waals surface area contributed by atoms with Gasteiger partial charge in [-0.3, -0.25) is 9.69 Å². The van der Waals surface area contributed by atoms with Crippen molar-refractivity contribution in [1.82, 2.24) is 14.8 Å². The van der Waals surface area contributed by atoms with Crippen LogP contribution in [0.1, 0.15) is 11.9 Å². The van der Waals surface area contributed by atoms with E-state index >= 15 is 0 Å². The molecule has 0 aliphatic rings. The second kappa shape index (κ2) is 5.67. The van der Waals surface area contributed by atoms with Crippen LogP contribution in [0.15, 0.2) is 24.3 Å². The molecule has 0 radical (unpaired) electrons. The maximum atomic E-state index is 11.9. The summed E-state index contributed by atoms with van der Waals surface area (Å²) < 4.78 is 1.19. The molecule has 4 nitrogen and oxygen atoms in total. The molecular weight excluding hydrogens is 258 g/mol. The molecule has 0 aliphatic carbocycles. The van der Waals surface area contributed by atoms with Crippen LogP contribution in [-0.2, 0) is 11.3 Å². The molecule has 0 unspecified atom stereocenters. The van der Waals surface area contributed by atoms with Gasteiger partial charge in [0.05, 0.1) is 22.8 Å². The maximum absolute atomic E-state index is 11.9. The zero-order valence-electron chi connectivity index (χ0n) is 11.8. The van der Waals surface area contributed by atoms with E-state index in [4.69, 9.17) is 0 Å². The molecule has 0 spiro atoms. The summed E-state index contributed by atoms with van der Waals surface area (Å²) in [5.74, 6) is 0.114. The Hall–Kier alpha value is -1.46. The standard InChI is InChI=1S/C14H19N3OS/c1-10(14(18)16(2)3)17(4)9-13-15-11-7-5-6-8-12(11)19-13/h5-8,10H,9H2,1-4H3/t10-/m1/s1. The second-order valence-corrected chi connectivity index (χ2v) is 6.01. The number of carbonyl (C=O) groups excluding carboxylic acids is 1. The average Bonchev–Trinajstić information content (AvgIpc) is 2.78. The van der Waals surface area contributed by atoms with Crippen LogP contribution in [0, 0.1) is 0 Å². The molecule has 0 saturated carbocycles. The fourth-order valence-electron chi connectivity index (χ4n) is 1.90. The highest BCUT2D eigenvalue weighted by Gasteiger charge is 2.20. The van der Waals surface area contributed by atoms with Gasteiger partial charge in [-0.1, -0.05) is 12.1 Å². The van der Waals surface area contributed by atoms with E-state index in [1.54, 1.807) is 30.3 Å². The third-order valence-corrected chi connectivity index (χ3v) is 4.20. The minimum atomic E-state index is -0.137. The van der Waals surface area contributed by atoms with Crippen molar-refractivity contribution in [3.05, 3.63) is 29.3 Å². The van der Waals surface area contributed by atoms with Crippen molar-refractivity contribution in [1.29, 1.82) is 0 Å². The van der Waals surface area contributed by atoms with Gasteiger partial charge in [-0.25, -0.2) is 4.98 Å². The Bertz CT molecular complexity index is 546. The number of benzene rings is 1. The number of rotatable bonds is 4. The lowest BCUT2D eigenvalue weighted by Crippen LogP contribution is -2.42. The first-order chi connectivity index (χ1) is 8.99. The summed E-state index contributed by atoms with van der Waals surface area (Å²) in [6.45, 7) is 2.62. The normalized spacial score (nSPS) is 12.9. The van der Waals surface area contributed by atoms with Crippen LogP contribution >= 0.6 is 11.3 Å². The van der Waals surface area contributed by atoms with Crippen molar-refractivity contribution in [3.8, 4) is 0 Å². The van der Waals surface area contributed by atoms with Crippen LogP contribution < -0.4 is 0 Å². The number of aromatic nitrogens is 1. The summed E-state index contributed by atoms with van der Waals surface area (Å²) in [4.78, 5) is 20.2. The van der Waals surface area contributed by atoms with E-state index in [9.17, 15) is 4.79 Å². The topological polar surface area (TPSA) is 36.4 Å². The molecule has 1 heterocycles. The predicted octanol–water partition coefficient (Wildman–Crippen LogP) is 2.20. The number of carbonyl (C=O) groups is 1. The van der Waals surface area contributed by atoms with Crippen molar-refractivity contribution in [2.45, 2.75) is 19.5 Å². The van der Waals surface area contributed by atoms with Gasteiger partial charge in [0.25, 0.3) is 0 Å². The van der Waals surface area contributed by atoms with Gasteiger partial charge in [-0.2, -0.15) is 0 Å². The Kier molecular flexibility index (Phi) is 4.17. The fraction of sp³-hybridized carbons (Fsp3) is 0.429. The molecule has 19 heavy (non-hydrogen) atoms. The molecule has 0 N–H and O–H groups in total. The number of hydrogen-bond acceptors (Lipinski definition) is 4. The van der Waals surface area contributed by atoms with Crippen LogP contribution in [-0.4, -0.2) is 47.9 Å². The van der Waals surface area contributed by atoms with Crippen molar-refractivity contribution in [2.24, 2.45) is 0 Å². The molecule has 1 aromatic carbocycles. The first kappa shape index (κ1) is 14.0. The van der Waals surface area contributed by atoms with Crippen molar-refractivity contribution >= 4 is 27.5 Å². The molecule has 0 bridgehead atoms. The minimum Gasteiger partial charge on any atom is -0.347 e. The number of nitrogens with zero attached hydrogens (tertiary/aromatic N) is 3. The lowest BCUT2D eigenvalue weighted by Gasteiger charge is -2.25. The van der Waals surface area contributed by atoms with Gasteiger partial charge < -0.3 is 4.90 Å². The number of hydrogen-bond donors (Lipinski definition) is 0. The Balaban J connectivity index is 2.10. The second-order valence-electron chi connectivity index (χ2n) is 4.90. The summed E-state index contributed by atoms with van der Waals surface area (Å²) in [6.07, 6.45) is 0. The predicted molar refractivity (Wildman–Crippen MR) is 79.2 cm³/mol. The first-order valence-electron chi connectivity index (χ1n) is 6.25. The Morgan fingerprint density at radius 2 is 2.00 bits per heavy atom. The van der Waals surface area contributed by atoms with Crippen LogP contribution in [0.5, 0.6) is 0 Å². The number of amides is 1. The largest absolute Gasteiger partial charge is 0.347 e. The Labute approximate surface area is 117 Å². The van der Waals surface area contributed by atoms with Gasteiger partial charge in [0.2, 0.25) is 5.91 Å². The van der Waals surface area contributed by atoms with Crippen LogP contribution in [0.2, 0.25) is 0 Å². The van der Waals surface area contributed by atoms with E-state index in [1.807, 2.05) is 37.1 Å². The highest BCUT2D eigenvalue weighted by Crippen LogP contribution is 2.22. The van der Waals surface area contributed by atoms with Crippen molar-refractivity contribution in [2.75, 3.05) is 21.1 Å². The molecular formula is C14H19N3OS. The molecule has 2 aromatic rings. The molecule has 0 fully saturated rings. The van der Waals surface area contributed by atoms with E-state index in [1.165, 1.54) is 4.70 Å². The summed E-state index contributed by atoms with van der Waals surface area (Å²) in [7, 11) is 5.52. The lowest BCUT2D eigenvalue weighted by atomic mass is 10.2. The molecule has 102 valence electrons. The summed E-state index contributed by atoms with van der Waals surface area (Å²) >= 11 is 1.69. The molecule has 0 aliphatic heterocycles. The lowest BCUT2D eigenvalue weighted by molar-refractivity contribution is -0.133. The van der Waals surface area contributed by atoms with E-state index < -0.39 is 0 Å². The van der Waals surface area contributed by atoms with E-state index in [2.05, 4.69) is 11.1 Å². The third kappa shape index (κ3) is 3.11. The number of fused-ring (bicyclic) bond motifs is 1. The summed E-state index contributed by atoms with van der Waals surface area (Å²) in [6, 6.07) is 7.97. The molecule has 5 heteroatoms. The monoisotopic (exact) mass is 277 g/mol. The van der Waals surface area contributed by atoms with Crippen LogP contribution in [0.25, 0.3) is 10.2 Å². The third-order valence-electron chi connectivity index (χ3n) is 3.18. The van der Waals surface area contributed by atoms with Gasteiger partial charge in [0.15, 0.2) is 0 Å². The van der Waals surface area contributed by atoms with Gasteiger partial charge in [0, 0.05) is 14.1 Å². The number of para-hydroxylation sites is 1. The highest BCUT2D eigenvalue weighted by atomic mass is 32.1. The van der Waals surface area contributed by atoms with Crippen LogP contribution in [0.3, 0.4) is 0 Å².